The van der Waals surface area contributed by atoms with Crippen molar-refractivity contribution in [2.75, 3.05) is 13.1 Å². The molecule has 1 aromatic carbocycles. The molecule has 0 saturated carbocycles. The Labute approximate surface area is 124 Å². The molecule has 0 spiro atoms. The van der Waals surface area contributed by atoms with Crippen molar-refractivity contribution >= 4 is 27.8 Å². The standard InChI is InChI=1S/C14H15BrFNO3/c1-8-7-17(5-4-10(8)14(19)20)13(18)9-2-3-11(15)12(16)6-9/h2-3,6,8,10H,4-5,7H2,1H3,(H,19,20). The Kier molecular flexibility index (Phi) is 4.42. The summed E-state index contributed by atoms with van der Waals surface area (Å²) in [5, 5.41) is 9.06. The van der Waals surface area contributed by atoms with E-state index in [2.05, 4.69) is 15.9 Å². The normalized spacial score (nSPS) is 22.6. The van der Waals surface area contributed by atoms with Crippen molar-refractivity contribution in [3.63, 3.8) is 0 Å². The molecule has 0 aliphatic carbocycles. The lowest BCUT2D eigenvalue weighted by Gasteiger charge is -2.35. The minimum absolute atomic E-state index is 0.106. The summed E-state index contributed by atoms with van der Waals surface area (Å²) in [6.07, 6.45) is 0.432. The van der Waals surface area contributed by atoms with Crippen molar-refractivity contribution in [3.8, 4) is 0 Å². The number of rotatable bonds is 2. The van der Waals surface area contributed by atoms with Crippen LogP contribution in [-0.4, -0.2) is 35.0 Å². The molecule has 1 saturated heterocycles. The molecule has 1 heterocycles. The fourth-order valence-corrected chi connectivity index (χ4v) is 2.76. The van der Waals surface area contributed by atoms with Crippen LogP contribution >= 0.6 is 15.9 Å². The SMILES string of the molecule is CC1CN(C(=O)c2ccc(Br)c(F)c2)CCC1C(=O)O. The van der Waals surface area contributed by atoms with Gasteiger partial charge in [-0.05, 0) is 46.5 Å². The summed E-state index contributed by atoms with van der Waals surface area (Å²) in [5.41, 5.74) is 0.284. The van der Waals surface area contributed by atoms with E-state index in [0.717, 1.165) is 0 Å². The molecule has 0 radical (unpaired) electrons. The number of likely N-dealkylation sites (tertiary alicyclic amines) is 1. The van der Waals surface area contributed by atoms with Crippen LogP contribution in [0.2, 0.25) is 0 Å². The zero-order valence-electron chi connectivity index (χ0n) is 11.0. The van der Waals surface area contributed by atoms with Crippen LogP contribution in [0.1, 0.15) is 23.7 Å². The highest BCUT2D eigenvalue weighted by molar-refractivity contribution is 9.10. The molecule has 0 aromatic heterocycles. The zero-order valence-corrected chi connectivity index (χ0v) is 12.6. The third kappa shape index (κ3) is 3.00. The van der Waals surface area contributed by atoms with Crippen molar-refractivity contribution in [1.29, 1.82) is 0 Å². The van der Waals surface area contributed by atoms with Crippen molar-refractivity contribution in [3.05, 3.63) is 34.1 Å². The van der Waals surface area contributed by atoms with Gasteiger partial charge in [0.15, 0.2) is 0 Å². The van der Waals surface area contributed by atoms with Crippen LogP contribution in [0.25, 0.3) is 0 Å². The van der Waals surface area contributed by atoms with Gasteiger partial charge < -0.3 is 10.0 Å². The molecule has 108 valence electrons. The molecule has 0 bridgehead atoms. The lowest BCUT2D eigenvalue weighted by molar-refractivity contribution is -0.145. The maximum Gasteiger partial charge on any atom is 0.306 e. The summed E-state index contributed by atoms with van der Waals surface area (Å²) in [7, 11) is 0. The van der Waals surface area contributed by atoms with Crippen molar-refractivity contribution in [2.45, 2.75) is 13.3 Å². The first-order chi connectivity index (χ1) is 9.40. The van der Waals surface area contributed by atoms with E-state index in [4.69, 9.17) is 5.11 Å². The Hall–Kier alpha value is -1.43. The topological polar surface area (TPSA) is 57.6 Å². The third-order valence-electron chi connectivity index (χ3n) is 3.68. The highest BCUT2D eigenvalue weighted by Gasteiger charge is 2.33. The monoisotopic (exact) mass is 343 g/mol. The van der Waals surface area contributed by atoms with Crippen LogP contribution in [0, 0.1) is 17.7 Å². The van der Waals surface area contributed by atoms with Crippen LogP contribution in [0.3, 0.4) is 0 Å². The maximum atomic E-state index is 13.5. The van der Waals surface area contributed by atoms with Gasteiger partial charge in [-0.25, -0.2) is 4.39 Å². The molecule has 2 unspecified atom stereocenters. The van der Waals surface area contributed by atoms with Crippen LogP contribution in [0.4, 0.5) is 4.39 Å². The van der Waals surface area contributed by atoms with Gasteiger partial charge in [-0.1, -0.05) is 6.92 Å². The van der Waals surface area contributed by atoms with E-state index in [1.165, 1.54) is 12.1 Å². The number of halogens is 2. The van der Waals surface area contributed by atoms with Gasteiger partial charge in [-0.2, -0.15) is 0 Å². The lowest BCUT2D eigenvalue weighted by Crippen LogP contribution is -2.45. The van der Waals surface area contributed by atoms with Gasteiger partial charge in [0.1, 0.15) is 5.82 Å². The summed E-state index contributed by atoms with van der Waals surface area (Å²) in [4.78, 5) is 24.9. The van der Waals surface area contributed by atoms with Crippen LogP contribution in [0.15, 0.2) is 22.7 Å². The summed E-state index contributed by atoms with van der Waals surface area (Å²) in [6.45, 7) is 2.59. The predicted molar refractivity (Wildman–Crippen MR) is 74.9 cm³/mol. The molecule has 4 nitrogen and oxygen atoms in total. The van der Waals surface area contributed by atoms with E-state index in [1.807, 2.05) is 6.92 Å². The smallest absolute Gasteiger partial charge is 0.306 e. The second kappa shape index (κ2) is 5.91. The number of carbonyl (C=O) groups is 2. The molecule has 1 aromatic rings. The zero-order chi connectivity index (χ0) is 14.9. The van der Waals surface area contributed by atoms with E-state index in [9.17, 15) is 14.0 Å². The molecular formula is C14H15BrFNO3. The summed E-state index contributed by atoms with van der Waals surface area (Å²) in [6, 6.07) is 4.25. The summed E-state index contributed by atoms with van der Waals surface area (Å²) < 4.78 is 13.8. The Morgan fingerprint density at radius 2 is 2.15 bits per heavy atom. The number of amides is 1. The Morgan fingerprint density at radius 1 is 1.45 bits per heavy atom. The molecule has 1 aliphatic heterocycles. The summed E-state index contributed by atoms with van der Waals surface area (Å²) >= 11 is 3.04. The average Bonchev–Trinajstić information content (AvgIpc) is 2.40. The lowest BCUT2D eigenvalue weighted by atomic mass is 9.87. The highest BCUT2D eigenvalue weighted by atomic mass is 79.9. The van der Waals surface area contributed by atoms with Gasteiger partial charge in [0, 0.05) is 18.7 Å². The highest BCUT2D eigenvalue weighted by Crippen LogP contribution is 2.25. The first-order valence-electron chi connectivity index (χ1n) is 6.37. The van der Waals surface area contributed by atoms with Crippen molar-refractivity contribution < 1.29 is 19.1 Å². The number of hydrogen-bond acceptors (Lipinski definition) is 2. The average molecular weight is 344 g/mol. The number of nitrogens with zero attached hydrogens (tertiary/aromatic N) is 1. The molecule has 20 heavy (non-hydrogen) atoms. The van der Waals surface area contributed by atoms with Crippen LogP contribution in [0.5, 0.6) is 0 Å². The Bertz CT molecular complexity index is 549. The Balaban J connectivity index is 2.11. The van der Waals surface area contributed by atoms with Gasteiger partial charge in [0.05, 0.1) is 10.4 Å². The molecule has 1 fully saturated rings. The minimum atomic E-state index is -0.820. The van der Waals surface area contributed by atoms with Crippen molar-refractivity contribution in [1.82, 2.24) is 4.90 Å². The first-order valence-corrected chi connectivity index (χ1v) is 7.16. The number of carboxylic acid groups (broad SMARTS) is 1. The fourth-order valence-electron chi connectivity index (χ4n) is 2.51. The molecule has 1 amide bonds. The first kappa shape index (κ1) is 15.0. The molecule has 1 aliphatic rings. The van der Waals surface area contributed by atoms with Gasteiger partial charge in [-0.15, -0.1) is 0 Å². The second-order valence-corrected chi connectivity index (χ2v) is 5.95. The van der Waals surface area contributed by atoms with Crippen LogP contribution in [-0.2, 0) is 4.79 Å². The quantitative estimate of drug-likeness (QED) is 0.898. The fraction of sp³-hybridized carbons (Fsp3) is 0.429. The largest absolute Gasteiger partial charge is 0.481 e. The van der Waals surface area contributed by atoms with E-state index in [-0.39, 0.29) is 17.4 Å². The molecule has 2 atom stereocenters. The molecular weight excluding hydrogens is 329 g/mol. The van der Waals surface area contributed by atoms with E-state index < -0.39 is 17.7 Å². The Morgan fingerprint density at radius 3 is 2.70 bits per heavy atom. The molecule has 1 N–H and O–H groups in total. The minimum Gasteiger partial charge on any atom is -0.481 e. The number of hydrogen-bond donors (Lipinski definition) is 1. The van der Waals surface area contributed by atoms with Gasteiger partial charge in [0.2, 0.25) is 0 Å². The van der Waals surface area contributed by atoms with Crippen molar-refractivity contribution in [2.24, 2.45) is 11.8 Å². The van der Waals surface area contributed by atoms with E-state index in [1.54, 1.807) is 11.0 Å². The maximum absolute atomic E-state index is 13.5. The van der Waals surface area contributed by atoms with E-state index in [0.29, 0.717) is 24.0 Å². The van der Waals surface area contributed by atoms with Gasteiger partial charge in [0.25, 0.3) is 5.91 Å². The molecule has 2 rings (SSSR count). The number of aliphatic carboxylic acids is 1. The summed E-state index contributed by atoms with van der Waals surface area (Å²) in [5.74, 6) is -2.08. The van der Waals surface area contributed by atoms with Gasteiger partial charge in [-0.3, -0.25) is 9.59 Å². The van der Waals surface area contributed by atoms with Gasteiger partial charge >= 0.3 is 5.97 Å². The molecule has 6 heteroatoms. The number of piperidine rings is 1. The predicted octanol–water partition coefficient (Wildman–Crippen LogP) is 2.77. The second-order valence-electron chi connectivity index (χ2n) is 5.09. The number of benzene rings is 1. The number of carbonyl (C=O) groups excluding carboxylic acids is 1. The number of carboxylic acids is 1. The van der Waals surface area contributed by atoms with Crippen LogP contribution < -0.4 is 0 Å². The third-order valence-corrected chi connectivity index (χ3v) is 4.32. The van der Waals surface area contributed by atoms with E-state index >= 15 is 0 Å².